The van der Waals surface area contributed by atoms with Crippen molar-refractivity contribution in [1.82, 2.24) is 40.8 Å². The van der Waals surface area contributed by atoms with Crippen LogP contribution in [0.25, 0.3) is 0 Å². The SMILES string of the molecule is NC1=NCc2nnc(nn2)CN=C(N)CCCCC(N)=NCc2nnc(nn2)CN=C(N)CCCC1. The lowest BCUT2D eigenvalue weighted by Gasteiger charge is -2.04. The van der Waals surface area contributed by atoms with Crippen LogP contribution in [0.3, 0.4) is 0 Å². The summed E-state index contributed by atoms with van der Waals surface area (Å²) in [5.74, 6) is 3.51. The quantitative estimate of drug-likeness (QED) is 0.346. The molecule has 4 aliphatic heterocycles. The van der Waals surface area contributed by atoms with E-state index in [-0.39, 0.29) is 26.2 Å². The molecule has 6 rings (SSSR count). The van der Waals surface area contributed by atoms with Crippen LogP contribution < -0.4 is 22.9 Å². The molecule has 2 aromatic rings. The number of hydrogen-bond donors (Lipinski definition) is 4. The van der Waals surface area contributed by atoms with Gasteiger partial charge in [-0.25, -0.2) is 0 Å². The van der Waals surface area contributed by atoms with Crippen LogP contribution in [0, 0.1) is 0 Å². The van der Waals surface area contributed by atoms with Crippen molar-refractivity contribution in [3.63, 3.8) is 0 Å². The van der Waals surface area contributed by atoms with Gasteiger partial charge in [0.05, 0.1) is 23.3 Å². The first-order valence-corrected chi connectivity index (χ1v) is 11.7. The Balaban J connectivity index is 1.62. The molecule has 0 saturated carbocycles. The predicted octanol–water partition coefficient (Wildman–Crippen LogP) is -0.890. The Labute approximate surface area is 208 Å². The van der Waals surface area contributed by atoms with Gasteiger partial charge in [0.1, 0.15) is 26.2 Å². The first-order valence-electron chi connectivity index (χ1n) is 11.7. The monoisotopic (exact) mass is 496 g/mol. The second kappa shape index (κ2) is 14.2. The fourth-order valence-electron chi connectivity index (χ4n) is 3.02. The second-order valence-electron chi connectivity index (χ2n) is 8.11. The van der Waals surface area contributed by atoms with Gasteiger partial charge in [0, 0.05) is 25.7 Å². The predicted molar refractivity (Wildman–Crippen MR) is 133 cm³/mol. The number of aromatic nitrogens is 8. The van der Waals surface area contributed by atoms with Crippen molar-refractivity contribution in [1.29, 1.82) is 0 Å². The zero-order valence-corrected chi connectivity index (χ0v) is 20.2. The summed E-state index contributed by atoms with van der Waals surface area (Å²) in [6.07, 6.45) is 5.69. The topological polar surface area (TPSA) is 257 Å². The molecule has 0 spiro atoms. The third-order valence-electron chi connectivity index (χ3n) is 5.05. The molecule has 0 saturated heterocycles. The third kappa shape index (κ3) is 9.94. The van der Waals surface area contributed by atoms with Gasteiger partial charge in [0.2, 0.25) is 0 Å². The summed E-state index contributed by atoms with van der Waals surface area (Å²) in [4.78, 5) is 17.2. The van der Waals surface area contributed by atoms with Gasteiger partial charge in [-0.1, -0.05) is 0 Å². The molecule has 6 heterocycles. The van der Waals surface area contributed by atoms with Crippen LogP contribution in [0.15, 0.2) is 20.0 Å². The van der Waals surface area contributed by atoms with E-state index in [2.05, 4.69) is 60.8 Å². The van der Waals surface area contributed by atoms with Crippen molar-refractivity contribution in [3.05, 3.63) is 23.3 Å². The van der Waals surface area contributed by atoms with E-state index in [1.165, 1.54) is 0 Å². The highest BCUT2D eigenvalue weighted by Crippen LogP contribution is 2.04. The fourth-order valence-corrected chi connectivity index (χ4v) is 3.02. The average molecular weight is 497 g/mol. The first kappa shape index (κ1) is 26.4. The van der Waals surface area contributed by atoms with Crippen molar-refractivity contribution >= 4 is 23.3 Å². The van der Waals surface area contributed by atoms with E-state index in [9.17, 15) is 0 Å². The smallest absolute Gasteiger partial charge is 0.194 e. The number of aliphatic imine (C=N–C) groups is 4. The maximum Gasteiger partial charge on any atom is 0.194 e. The molecular formula is C20H32N16. The molecule has 16 heteroatoms. The molecule has 0 aliphatic carbocycles. The summed E-state index contributed by atoms with van der Waals surface area (Å²) in [5.41, 5.74) is 23.9. The Morgan fingerprint density at radius 2 is 0.528 bits per heavy atom. The molecule has 4 bridgehead atoms. The van der Waals surface area contributed by atoms with Crippen molar-refractivity contribution in [3.8, 4) is 0 Å². The molecule has 192 valence electrons. The molecule has 4 aliphatic rings. The Morgan fingerprint density at radius 3 is 0.722 bits per heavy atom. The number of rotatable bonds is 0. The molecule has 0 amide bonds. The molecule has 0 aromatic carbocycles. The maximum absolute atomic E-state index is 5.98. The van der Waals surface area contributed by atoms with Gasteiger partial charge in [-0.05, 0) is 25.7 Å². The fraction of sp³-hybridized carbons (Fsp3) is 0.600. The van der Waals surface area contributed by atoms with Crippen molar-refractivity contribution in [2.24, 2.45) is 42.9 Å². The molecule has 0 fully saturated rings. The normalized spacial score (nSPS) is 17.8. The van der Waals surface area contributed by atoms with Crippen LogP contribution in [-0.4, -0.2) is 64.1 Å². The number of nitrogens with two attached hydrogens (primary N) is 4. The van der Waals surface area contributed by atoms with Gasteiger partial charge in [-0.2, -0.15) is 0 Å². The lowest BCUT2D eigenvalue weighted by molar-refractivity contribution is 0.693. The van der Waals surface area contributed by atoms with Crippen molar-refractivity contribution < 1.29 is 0 Å². The summed E-state index contributed by atoms with van der Waals surface area (Å²) < 4.78 is 0. The highest BCUT2D eigenvalue weighted by atomic mass is 15.3. The third-order valence-corrected chi connectivity index (χ3v) is 5.05. The minimum atomic E-state index is 0.203. The van der Waals surface area contributed by atoms with Crippen LogP contribution in [0.5, 0.6) is 0 Å². The van der Waals surface area contributed by atoms with Crippen molar-refractivity contribution in [2.75, 3.05) is 0 Å². The minimum Gasteiger partial charge on any atom is -0.387 e. The zero-order chi connectivity index (χ0) is 25.6. The molecule has 0 unspecified atom stereocenters. The van der Waals surface area contributed by atoms with Crippen molar-refractivity contribution in [2.45, 2.75) is 77.5 Å². The molecule has 0 radical (unpaired) electrons. The summed E-state index contributed by atoms with van der Waals surface area (Å²) in [7, 11) is 0. The van der Waals surface area contributed by atoms with Gasteiger partial charge in [0.25, 0.3) is 0 Å². The van der Waals surface area contributed by atoms with Crippen LogP contribution >= 0.6 is 0 Å². The Hall–Kier alpha value is -4.24. The summed E-state index contributed by atoms with van der Waals surface area (Å²) >= 11 is 0. The number of hydrogen-bond acceptors (Lipinski definition) is 16. The number of amidine groups is 4. The van der Waals surface area contributed by atoms with Gasteiger partial charge in [0.15, 0.2) is 23.3 Å². The average Bonchev–Trinajstić information content (AvgIpc) is 2.89. The molecule has 0 atom stereocenters. The highest BCUT2D eigenvalue weighted by molar-refractivity contribution is 5.82. The Bertz CT molecular complexity index is 900. The van der Waals surface area contributed by atoms with Gasteiger partial charge in [-0.15, -0.1) is 40.8 Å². The molecule has 36 heavy (non-hydrogen) atoms. The van der Waals surface area contributed by atoms with Crippen LogP contribution in [0.1, 0.15) is 74.7 Å². The van der Waals surface area contributed by atoms with Crippen LogP contribution in [-0.2, 0) is 26.2 Å². The lowest BCUT2D eigenvalue weighted by Crippen LogP contribution is -2.16. The number of nitrogens with zero attached hydrogens (tertiary/aromatic N) is 12. The van der Waals surface area contributed by atoms with Gasteiger partial charge < -0.3 is 22.9 Å². The molecular weight excluding hydrogens is 464 g/mol. The van der Waals surface area contributed by atoms with Gasteiger partial charge >= 0.3 is 0 Å². The highest BCUT2D eigenvalue weighted by Gasteiger charge is 2.05. The molecule has 16 nitrogen and oxygen atoms in total. The summed E-state index contributed by atoms with van der Waals surface area (Å²) in [5, 5.41) is 32.2. The second-order valence-corrected chi connectivity index (χ2v) is 8.11. The minimum absolute atomic E-state index is 0.203. The summed E-state index contributed by atoms with van der Waals surface area (Å²) in [6.45, 7) is 0.811. The van der Waals surface area contributed by atoms with E-state index in [1.807, 2.05) is 0 Å². The van der Waals surface area contributed by atoms with E-state index in [0.29, 0.717) is 72.3 Å². The Kier molecular flexibility index (Phi) is 10.4. The molecule has 8 N–H and O–H groups in total. The zero-order valence-electron chi connectivity index (χ0n) is 20.2. The van der Waals surface area contributed by atoms with E-state index in [0.717, 1.165) is 25.7 Å². The Morgan fingerprint density at radius 1 is 0.333 bits per heavy atom. The summed E-state index contributed by atoms with van der Waals surface area (Å²) in [6, 6.07) is 0. The largest absolute Gasteiger partial charge is 0.387 e. The molecule has 2 aromatic heterocycles. The van der Waals surface area contributed by atoms with Gasteiger partial charge in [-0.3, -0.25) is 20.0 Å². The van der Waals surface area contributed by atoms with Crippen LogP contribution in [0.2, 0.25) is 0 Å². The van der Waals surface area contributed by atoms with E-state index >= 15 is 0 Å². The van der Waals surface area contributed by atoms with E-state index in [1.54, 1.807) is 0 Å². The van der Waals surface area contributed by atoms with E-state index in [4.69, 9.17) is 22.9 Å². The van der Waals surface area contributed by atoms with Crippen LogP contribution in [0.4, 0.5) is 0 Å². The standard InChI is InChI=1S/C20H32N16/c21-13-5-1-2-6-14(22)26-10-18-31-35-20(36-32-18)12-28-16(24)8-4-3-7-15(23)27-11-19-33-29-17(9-25-13)30-34-19/h1-12H2,(H2,21,25)(H2,22,26)(H2,23,27)(H2,24,28). The first-order chi connectivity index (χ1) is 17.5. The maximum atomic E-state index is 5.98. The van der Waals surface area contributed by atoms with E-state index < -0.39 is 0 Å². The lowest BCUT2D eigenvalue weighted by atomic mass is 10.2.